The first-order chi connectivity index (χ1) is 8.19. The quantitative estimate of drug-likeness (QED) is 0.622. The molecular formula is C11H11N3O2S. The van der Waals surface area contributed by atoms with E-state index in [4.69, 9.17) is 0 Å². The largest absolute Gasteiger partial charge is 0.341 e. The van der Waals surface area contributed by atoms with E-state index in [2.05, 4.69) is 15.0 Å². The lowest BCUT2D eigenvalue weighted by Crippen LogP contribution is -2.15. The third kappa shape index (κ3) is 2.85. The minimum Gasteiger partial charge on any atom is -0.341 e. The first-order valence-corrected chi connectivity index (χ1v) is 6.22. The number of pyridine rings is 1. The summed E-state index contributed by atoms with van der Waals surface area (Å²) in [5.41, 5.74) is 1.06. The van der Waals surface area contributed by atoms with Crippen molar-refractivity contribution in [2.24, 2.45) is 0 Å². The van der Waals surface area contributed by atoms with Crippen molar-refractivity contribution in [3.05, 3.63) is 56.4 Å². The normalized spacial score (nSPS) is 10.4. The molecule has 0 aromatic carbocycles. The number of nitrogens with one attached hydrogen (secondary N) is 2. The summed E-state index contributed by atoms with van der Waals surface area (Å²) in [6.45, 7) is 0. The van der Waals surface area contributed by atoms with Gasteiger partial charge in [0.2, 0.25) is 5.56 Å². The van der Waals surface area contributed by atoms with E-state index in [0.717, 1.165) is 5.56 Å². The maximum absolute atomic E-state index is 11.7. The second kappa shape index (κ2) is 5.01. The summed E-state index contributed by atoms with van der Waals surface area (Å²) in [6.07, 6.45) is 5.56. The number of hydrogen-bond acceptors (Lipinski definition) is 4. The fourth-order valence-electron chi connectivity index (χ4n) is 1.41. The Balaban J connectivity index is 2.27. The first-order valence-electron chi connectivity index (χ1n) is 4.99. The standard InChI is InChI=1S/C11H11N3O2S/c1-17-11-13-6-8(10(16)14-11)4-7-2-3-9(15)12-5-7/h2-3,5-6H,4H2,1H3,(H,12,15)(H,13,14,16). The molecule has 0 saturated carbocycles. The highest BCUT2D eigenvalue weighted by Crippen LogP contribution is 2.06. The van der Waals surface area contributed by atoms with E-state index in [-0.39, 0.29) is 11.1 Å². The van der Waals surface area contributed by atoms with Crippen LogP contribution in [0.5, 0.6) is 0 Å². The van der Waals surface area contributed by atoms with Gasteiger partial charge in [0.05, 0.1) is 0 Å². The minimum absolute atomic E-state index is 0.154. The minimum atomic E-state index is -0.237. The Hall–Kier alpha value is -1.82. The lowest BCUT2D eigenvalue weighted by atomic mass is 10.1. The van der Waals surface area contributed by atoms with Crippen molar-refractivity contribution in [2.45, 2.75) is 11.6 Å². The summed E-state index contributed by atoms with van der Waals surface area (Å²) in [7, 11) is 0. The van der Waals surface area contributed by atoms with Crippen molar-refractivity contribution < 1.29 is 0 Å². The summed E-state index contributed by atoms with van der Waals surface area (Å²) < 4.78 is 0. The molecule has 0 spiro atoms. The molecule has 2 N–H and O–H groups in total. The molecule has 0 saturated heterocycles. The highest BCUT2D eigenvalue weighted by molar-refractivity contribution is 7.98. The molecule has 5 nitrogen and oxygen atoms in total. The fraction of sp³-hybridized carbons (Fsp3) is 0.182. The molecule has 0 bridgehead atoms. The van der Waals surface area contributed by atoms with Crippen LogP contribution in [0, 0.1) is 0 Å². The van der Waals surface area contributed by atoms with Crippen LogP contribution in [-0.4, -0.2) is 21.2 Å². The summed E-state index contributed by atoms with van der Waals surface area (Å²) >= 11 is 1.39. The molecule has 0 radical (unpaired) electrons. The molecule has 0 aliphatic carbocycles. The van der Waals surface area contributed by atoms with Crippen LogP contribution in [0.25, 0.3) is 0 Å². The van der Waals surface area contributed by atoms with Crippen LogP contribution in [0.3, 0.4) is 0 Å². The van der Waals surface area contributed by atoms with Gasteiger partial charge < -0.3 is 9.97 Å². The average molecular weight is 249 g/mol. The highest BCUT2D eigenvalue weighted by atomic mass is 32.2. The monoisotopic (exact) mass is 249 g/mol. The molecule has 17 heavy (non-hydrogen) atoms. The van der Waals surface area contributed by atoms with Crippen LogP contribution in [0.4, 0.5) is 0 Å². The second-order valence-corrected chi connectivity index (χ2v) is 4.27. The molecule has 0 amide bonds. The van der Waals surface area contributed by atoms with Crippen LogP contribution in [-0.2, 0) is 6.42 Å². The van der Waals surface area contributed by atoms with E-state index in [1.165, 1.54) is 17.8 Å². The lowest BCUT2D eigenvalue weighted by molar-refractivity contribution is 0.900. The van der Waals surface area contributed by atoms with Crippen molar-refractivity contribution in [3.63, 3.8) is 0 Å². The molecule has 0 aliphatic heterocycles. The van der Waals surface area contributed by atoms with Gasteiger partial charge in [0.1, 0.15) is 0 Å². The topological polar surface area (TPSA) is 78.6 Å². The Morgan fingerprint density at radius 1 is 1.24 bits per heavy atom. The Bertz CT molecular complexity index is 613. The van der Waals surface area contributed by atoms with Gasteiger partial charge in [-0.3, -0.25) is 9.59 Å². The van der Waals surface area contributed by atoms with Crippen LogP contribution >= 0.6 is 11.8 Å². The second-order valence-electron chi connectivity index (χ2n) is 3.48. The van der Waals surface area contributed by atoms with Gasteiger partial charge in [0, 0.05) is 30.4 Å². The molecular weight excluding hydrogens is 238 g/mol. The summed E-state index contributed by atoms with van der Waals surface area (Å²) in [4.78, 5) is 31.9. The first kappa shape index (κ1) is 11.7. The Morgan fingerprint density at radius 3 is 2.65 bits per heavy atom. The van der Waals surface area contributed by atoms with Gasteiger partial charge in [-0.05, 0) is 11.8 Å². The molecule has 2 rings (SSSR count). The van der Waals surface area contributed by atoms with Crippen molar-refractivity contribution in [2.75, 3.05) is 6.26 Å². The van der Waals surface area contributed by atoms with Gasteiger partial charge in [-0.2, -0.15) is 4.98 Å². The van der Waals surface area contributed by atoms with Crippen LogP contribution in [0.15, 0.2) is 39.3 Å². The van der Waals surface area contributed by atoms with Crippen LogP contribution < -0.4 is 11.1 Å². The zero-order valence-corrected chi connectivity index (χ0v) is 10.0. The zero-order chi connectivity index (χ0) is 12.3. The number of aromatic nitrogens is 3. The number of nitrogens with zero attached hydrogens (tertiary/aromatic N) is 1. The van der Waals surface area contributed by atoms with Crippen molar-refractivity contribution in [1.82, 2.24) is 15.0 Å². The maximum Gasteiger partial charge on any atom is 0.277 e. The van der Waals surface area contributed by atoms with Crippen molar-refractivity contribution in [1.29, 1.82) is 0 Å². The van der Waals surface area contributed by atoms with Crippen molar-refractivity contribution in [3.8, 4) is 0 Å². The van der Waals surface area contributed by atoms with E-state index in [9.17, 15) is 9.59 Å². The van der Waals surface area contributed by atoms with E-state index >= 15 is 0 Å². The molecule has 6 heteroatoms. The van der Waals surface area contributed by atoms with Crippen LogP contribution in [0.2, 0.25) is 0 Å². The number of thioether (sulfide) groups is 1. The fourth-order valence-corrected chi connectivity index (χ4v) is 1.76. The summed E-state index contributed by atoms with van der Waals surface area (Å²) in [5.74, 6) is 0. The zero-order valence-electron chi connectivity index (χ0n) is 9.19. The summed E-state index contributed by atoms with van der Waals surface area (Å²) in [6, 6.07) is 3.13. The lowest BCUT2D eigenvalue weighted by Gasteiger charge is -2.01. The van der Waals surface area contributed by atoms with Gasteiger partial charge in [-0.1, -0.05) is 17.8 Å². The van der Waals surface area contributed by atoms with E-state index < -0.39 is 0 Å². The van der Waals surface area contributed by atoms with Gasteiger partial charge in [-0.25, -0.2) is 0 Å². The number of aromatic amines is 2. The van der Waals surface area contributed by atoms with Gasteiger partial charge >= 0.3 is 0 Å². The molecule has 2 heterocycles. The summed E-state index contributed by atoms with van der Waals surface area (Å²) in [5, 5.41) is 0.597. The average Bonchev–Trinajstić information content (AvgIpc) is 2.34. The number of H-pyrrole nitrogens is 2. The Labute approximate surface area is 101 Å². The van der Waals surface area contributed by atoms with Gasteiger partial charge in [0.15, 0.2) is 5.16 Å². The number of hydrogen-bond donors (Lipinski definition) is 2. The molecule has 0 atom stereocenters. The van der Waals surface area contributed by atoms with Gasteiger partial charge in [-0.15, -0.1) is 0 Å². The molecule has 88 valence electrons. The Kier molecular flexibility index (Phi) is 3.43. The molecule has 2 aromatic heterocycles. The van der Waals surface area contributed by atoms with E-state index in [1.54, 1.807) is 18.5 Å². The third-order valence-corrected chi connectivity index (χ3v) is 2.88. The highest BCUT2D eigenvalue weighted by Gasteiger charge is 2.03. The molecule has 0 unspecified atom stereocenters. The number of rotatable bonds is 3. The molecule has 0 aliphatic rings. The van der Waals surface area contributed by atoms with Crippen LogP contribution in [0.1, 0.15) is 11.1 Å². The SMILES string of the molecule is CSc1nc(=O)c(Cc2ccc(=O)[nH]c2)c[nH]1. The van der Waals surface area contributed by atoms with Gasteiger partial charge in [0.25, 0.3) is 5.56 Å². The Morgan fingerprint density at radius 2 is 2.06 bits per heavy atom. The predicted octanol–water partition coefficient (Wildman–Crippen LogP) is 0.771. The third-order valence-electron chi connectivity index (χ3n) is 2.28. The smallest absolute Gasteiger partial charge is 0.277 e. The molecule has 2 aromatic rings. The van der Waals surface area contributed by atoms with E-state index in [1.807, 2.05) is 6.26 Å². The predicted molar refractivity (Wildman–Crippen MR) is 66.5 cm³/mol. The van der Waals surface area contributed by atoms with E-state index in [0.29, 0.717) is 17.1 Å². The van der Waals surface area contributed by atoms with Crippen molar-refractivity contribution >= 4 is 11.8 Å². The molecule has 0 fully saturated rings. The maximum atomic E-state index is 11.7.